The Morgan fingerprint density at radius 2 is 1.93 bits per heavy atom. The van der Waals surface area contributed by atoms with Crippen LogP contribution in [0.15, 0.2) is 24.3 Å². The van der Waals surface area contributed by atoms with Gasteiger partial charge < -0.3 is 4.74 Å². The van der Waals surface area contributed by atoms with E-state index in [0.29, 0.717) is 5.02 Å². The molecule has 0 saturated heterocycles. The molecular weight excluding hydrogens is 207 g/mol. The molecule has 0 heterocycles. The number of esters is 1. The van der Waals surface area contributed by atoms with Crippen molar-refractivity contribution in [3.63, 3.8) is 0 Å². The van der Waals surface area contributed by atoms with Crippen LogP contribution in [0.2, 0.25) is 5.02 Å². The first-order valence-corrected chi connectivity index (χ1v) is 4.39. The van der Waals surface area contributed by atoms with Gasteiger partial charge in [-0.2, -0.15) is 0 Å². The van der Waals surface area contributed by atoms with Crippen molar-refractivity contribution >= 4 is 17.6 Å². The Labute approximate surface area is 86.6 Å². The fourth-order valence-electron chi connectivity index (χ4n) is 1.07. The van der Waals surface area contributed by atoms with Crippen molar-refractivity contribution in [3.8, 4) is 0 Å². The van der Waals surface area contributed by atoms with E-state index in [2.05, 4.69) is 4.74 Å². The SMILES string of the molecule is COC(=O)C(C)(F)c1ccc(Cl)cc1. The fraction of sp³-hybridized carbons (Fsp3) is 0.300. The molecule has 0 amide bonds. The lowest BCUT2D eigenvalue weighted by atomic mass is 9.98. The van der Waals surface area contributed by atoms with Gasteiger partial charge in [-0.1, -0.05) is 23.7 Å². The molecule has 4 heteroatoms. The Morgan fingerprint density at radius 1 is 1.43 bits per heavy atom. The summed E-state index contributed by atoms with van der Waals surface area (Å²) in [7, 11) is 1.15. The van der Waals surface area contributed by atoms with Crippen LogP contribution in [0.25, 0.3) is 0 Å². The molecule has 76 valence electrons. The molecule has 0 aromatic heterocycles. The summed E-state index contributed by atoms with van der Waals surface area (Å²) < 4.78 is 18.2. The summed E-state index contributed by atoms with van der Waals surface area (Å²) in [6.45, 7) is 1.15. The number of hydrogen-bond acceptors (Lipinski definition) is 2. The van der Waals surface area contributed by atoms with Crippen LogP contribution in [0.5, 0.6) is 0 Å². The van der Waals surface area contributed by atoms with Crippen LogP contribution in [-0.2, 0) is 15.2 Å². The Kier molecular flexibility index (Phi) is 3.11. The molecular formula is C10H10ClFO2. The standard InChI is InChI=1S/C10H10ClFO2/c1-10(12,9(13)14-2)7-3-5-8(11)6-4-7/h3-6H,1-2H3. The highest BCUT2D eigenvalue weighted by atomic mass is 35.5. The van der Waals surface area contributed by atoms with Crippen LogP contribution in [0.3, 0.4) is 0 Å². The van der Waals surface area contributed by atoms with Gasteiger partial charge in [0.1, 0.15) is 0 Å². The quantitative estimate of drug-likeness (QED) is 0.711. The van der Waals surface area contributed by atoms with Crippen molar-refractivity contribution < 1.29 is 13.9 Å². The van der Waals surface area contributed by atoms with E-state index in [1.54, 1.807) is 0 Å². The molecule has 0 fully saturated rings. The summed E-state index contributed by atoms with van der Waals surface area (Å²) in [4.78, 5) is 11.1. The smallest absolute Gasteiger partial charge is 0.348 e. The fourth-order valence-corrected chi connectivity index (χ4v) is 1.20. The molecule has 0 radical (unpaired) electrons. The monoisotopic (exact) mass is 216 g/mol. The second-order valence-corrected chi connectivity index (χ2v) is 3.44. The van der Waals surface area contributed by atoms with Crippen LogP contribution in [-0.4, -0.2) is 13.1 Å². The molecule has 1 unspecified atom stereocenters. The molecule has 0 bridgehead atoms. The largest absolute Gasteiger partial charge is 0.466 e. The van der Waals surface area contributed by atoms with Gasteiger partial charge in [-0.3, -0.25) is 0 Å². The Morgan fingerprint density at radius 3 is 2.36 bits per heavy atom. The first-order chi connectivity index (χ1) is 6.48. The number of carbonyl (C=O) groups is 1. The van der Waals surface area contributed by atoms with Crippen molar-refractivity contribution in [3.05, 3.63) is 34.9 Å². The third kappa shape index (κ3) is 2.04. The Bertz CT molecular complexity index is 332. The van der Waals surface area contributed by atoms with Crippen LogP contribution in [0, 0.1) is 0 Å². The number of carbonyl (C=O) groups excluding carboxylic acids is 1. The number of hydrogen-bond donors (Lipinski definition) is 0. The van der Waals surface area contributed by atoms with E-state index in [1.165, 1.54) is 24.3 Å². The minimum Gasteiger partial charge on any atom is -0.466 e. The molecule has 1 aromatic rings. The molecule has 0 saturated carbocycles. The lowest BCUT2D eigenvalue weighted by Gasteiger charge is -2.17. The zero-order chi connectivity index (χ0) is 10.8. The maximum Gasteiger partial charge on any atom is 0.348 e. The maximum atomic E-state index is 13.8. The summed E-state index contributed by atoms with van der Waals surface area (Å²) in [5.74, 6) is -0.917. The predicted octanol–water partition coefficient (Wildman–Crippen LogP) is 2.70. The van der Waals surface area contributed by atoms with Crippen LogP contribution >= 0.6 is 11.6 Å². The molecule has 0 spiro atoms. The van der Waals surface area contributed by atoms with Crippen molar-refractivity contribution in [1.29, 1.82) is 0 Å². The zero-order valence-electron chi connectivity index (χ0n) is 7.88. The van der Waals surface area contributed by atoms with Crippen molar-refractivity contribution in [2.75, 3.05) is 7.11 Å². The number of methoxy groups -OCH3 is 1. The number of benzene rings is 1. The molecule has 1 atom stereocenters. The predicted molar refractivity (Wildman–Crippen MR) is 51.9 cm³/mol. The number of ether oxygens (including phenoxy) is 1. The van der Waals surface area contributed by atoms with Crippen molar-refractivity contribution in [1.82, 2.24) is 0 Å². The topological polar surface area (TPSA) is 26.3 Å². The van der Waals surface area contributed by atoms with Crippen molar-refractivity contribution in [2.45, 2.75) is 12.6 Å². The van der Waals surface area contributed by atoms with E-state index in [4.69, 9.17) is 11.6 Å². The maximum absolute atomic E-state index is 13.8. The van der Waals surface area contributed by atoms with Crippen LogP contribution in [0.1, 0.15) is 12.5 Å². The van der Waals surface area contributed by atoms with Gasteiger partial charge in [0, 0.05) is 10.6 Å². The molecule has 0 N–H and O–H groups in total. The summed E-state index contributed by atoms with van der Waals surface area (Å²) >= 11 is 5.64. The van der Waals surface area contributed by atoms with E-state index >= 15 is 0 Å². The minimum absolute atomic E-state index is 0.230. The summed E-state index contributed by atoms with van der Waals surface area (Å²) in [5.41, 5.74) is -1.90. The van der Waals surface area contributed by atoms with Crippen LogP contribution in [0.4, 0.5) is 4.39 Å². The molecule has 1 aromatic carbocycles. The summed E-state index contributed by atoms with van der Waals surface area (Å²) in [6, 6.07) is 5.97. The number of alkyl halides is 1. The highest BCUT2D eigenvalue weighted by Crippen LogP contribution is 2.27. The number of halogens is 2. The first-order valence-electron chi connectivity index (χ1n) is 4.02. The third-order valence-corrected chi connectivity index (χ3v) is 2.21. The minimum atomic E-state index is -2.13. The summed E-state index contributed by atoms with van der Waals surface area (Å²) in [6.07, 6.45) is 0. The molecule has 0 aliphatic heterocycles. The average Bonchev–Trinajstić information content (AvgIpc) is 2.17. The highest BCUT2D eigenvalue weighted by Gasteiger charge is 2.36. The van der Waals surface area contributed by atoms with Gasteiger partial charge in [-0.25, -0.2) is 9.18 Å². The summed E-state index contributed by atoms with van der Waals surface area (Å²) in [5, 5.41) is 0.495. The molecule has 14 heavy (non-hydrogen) atoms. The van der Waals surface area contributed by atoms with Gasteiger partial charge in [0.25, 0.3) is 0 Å². The average molecular weight is 217 g/mol. The third-order valence-electron chi connectivity index (χ3n) is 1.96. The molecule has 1 rings (SSSR count). The number of rotatable bonds is 2. The van der Waals surface area contributed by atoms with E-state index < -0.39 is 11.6 Å². The van der Waals surface area contributed by atoms with Crippen LogP contribution < -0.4 is 0 Å². The van der Waals surface area contributed by atoms with E-state index in [0.717, 1.165) is 14.0 Å². The van der Waals surface area contributed by atoms with Gasteiger partial charge >= 0.3 is 5.97 Å². The lowest BCUT2D eigenvalue weighted by molar-refractivity contribution is -0.154. The lowest BCUT2D eigenvalue weighted by Crippen LogP contribution is -2.28. The molecule has 0 aliphatic carbocycles. The first kappa shape index (κ1) is 11.0. The molecule has 0 aliphatic rings. The van der Waals surface area contributed by atoms with Gasteiger partial charge in [-0.05, 0) is 19.1 Å². The Balaban J connectivity index is 3.03. The van der Waals surface area contributed by atoms with E-state index in [1.807, 2.05) is 0 Å². The van der Waals surface area contributed by atoms with Crippen molar-refractivity contribution in [2.24, 2.45) is 0 Å². The van der Waals surface area contributed by atoms with E-state index in [9.17, 15) is 9.18 Å². The van der Waals surface area contributed by atoms with Gasteiger partial charge in [0.05, 0.1) is 7.11 Å². The Hall–Kier alpha value is -1.09. The van der Waals surface area contributed by atoms with E-state index in [-0.39, 0.29) is 5.56 Å². The normalized spacial score (nSPS) is 14.6. The second-order valence-electron chi connectivity index (χ2n) is 3.00. The second kappa shape index (κ2) is 3.96. The van der Waals surface area contributed by atoms with Gasteiger partial charge in [0.15, 0.2) is 0 Å². The van der Waals surface area contributed by atoms with Gasteiger partial charge in [-0.15, -0.1) is 0 Å². The zero-order valence-corrected chi connectivity index (χ0v) is 8.64. The highest BCUT2D eigenvalue weighted by molar-refractivity contribution is 6.30. The molecule has 2 nitrogen and oxygen atoms in total. The van der Waals surface area contributed by atoms with Gasteiger partial charge in [0.2, 0.25) is 5.67 Å².